The molecule has 1 amide bonds. The molecule has 3 aliphatic carbocycles. The van der Waals surface area contributed by atoms with E-state index in [1.807, 2.05) is 6.92 Å². The molecule has 202 valence electrons. The van der Waals surface area contributed by atoms with Crippen LogP contribution in [0, 0.1) is 11.8 Å². The minimum atomic E-state index is -2.90. The summed E-state index contributed by atoms with van der Waals surface area (Å²) < 4.78 is 5.11. The number of phenols is 1. The van der Waals surface area contributed by atoms with E-state index in [1.165, 1.54) is 24.3 Å². The number of benzene rings is 1. The van der Waals surface area contributed by atoms with Crippen molar-refractivity contribution in [1.29, 1.82) is 0 Å². The number of amides is 1. The van der Waals surface area contributed by atoms with E-state index >= 15 is 0 Å². The molecule has 0 bridgehead atoms. The molecule has 11 heteroatoms. The van der Waals surface area contributed by atoms with Crippen molar-refractivity contribution in [1.82, 2.24) is 0 Å². The van der Waals surface area contributed by atoms with Crippen molar-refractivity contribution in [2.24, 2.45) is 17.6 Å². The Bertz CT molecular complexity index is 1340. The molecule has 0 radical (unpaired) electrons. The smallest absolute Gasteiger partial charge is 0.330 e. The van der Waals surface area contributed by atoms with Crippen molar-refractivity contribution in [2.45, 2.75) is 50.7 Å². The third-order valence-corrected chi connectivity index (χ3v) is 7.65. The molecule has 0 saturated heterocycles. The van der Waals surface area contributed by atoms with Gasteiger partial charge >= 0.3 is 5.97 Å². The Balaban J connectivity index is 1.87. The van der Waals surface area contributed by atoms with Gasteiger partial charge in [0, 0.05) is 29.9 Å². The Labute approximate surface area is 217 Å². The van der Waals surface area contributed by atoms with Gasteiger partial charge in [-0.15, -0.1) is 0 Å². The van der Waals surface area contributed by atoms with Gasteiger partial charge in [0.1, 0.15) is 22.8 Å². The molecule has 0 spiro atoms. The number of esters is 1. The van der Waals surface area contributed by atoms with Crippen LogP contribution in [0.15, 0.2) is 35.1 Å². The van der Waals surface area contributed by atoms with Gasteiger partial charge in [-0.1, -0.05) is 26.3 Å². The lowest BCUT2D eigenvalue weighted by molar-refractivity contribution is -0.160. The summed E-state index contributed by atoms with van der Waals surface area (Å²) >= 11 is 0. The summed E-state index contributed by atoms with van der Waals surface area (Å²) in [6.07, 6.45) is 1.84. The molecule has 0 heterocycles. The number of hydrogen-bond donors (Lipinski definition) is 6. The van der Waals surface area contributed by atoms with E-state index in [0.717, 1.165) is 6.42 Å². The Morgan fingerprint density at radius 3 is 2.53 bits per heavy atom. The zero-order valence-electron chi connectivity index (χ0n) is 20.8. The van der Waals surface area contributed by atoms with Crippen molar-refractivity contribution < 1.29 is 49.4 Å². The number of primary amides is 1. The number of phenolic OH excluding ortho intramolecular Hbond substituents is 1. The molecule has 1 fully saturated rings. The van der Waals surface area contributed by atoms with Crippen LogP contribution < -0.4 is 5.73 Å². The maximum Gasteiger partial charge on any atom is 0.330 e. The maximum absolute atomic E-state index is 13.7. The third kappa shape index (κ3) is 3.89. The van der Waals surface area contributed by atoms with Crippen LogP contribution in [-0.2, 0) is 23.9 Å². The first kappa shape index (κ1) is 27.1. The number of nitrogens with two attached hydrogens (primary N) is 1. The minimum Gasteiger partial charge on any atom is -0.508 e. The lowest BCUT2D eigenvalue weighted by Crippen LogP contribution is -2.64. The van der Waals surface area contributed by atoms with E-state index in [1.54, 1.807) is 6.92 Å². The lowest BCUT2D eigenvalue weighted by atomic mass is 9.55. The van der Waals surface area contributed by atoms with Crippen molar-refractivity contribution in [3.8, 4) is 5.75 Å². The van der Waals surface area contributed by atoms with E-state index < -0.39 is 87.7 Å². The molecule has 1 saturated carbocycles. The first-order valence-electron chi connectivity index (χ1n) is 12.2. The number of carbonyl (C=O) groups excluding carboxylic acids is 4. The fourth-order valence-electron chi connectivity index (χ4n) is 5.78. The van der Waals surface area contributed by atoms with Crippen molar-refractivity contribution >= 4 is 35.3 Å². The molecule has 5 atom stereocenters. The van der Waals surface area contributed by atoms with Crippen LogP contribution in [0.5, 0.6) is 5.75 Å². The summed E-state index contributed by atoms with van der Waals surface area (Å²) in [5, 5.41) is 55.2. The maximum atomic E-state index is 13.7. The van der Waals surface area contributed by atoms with Crippen LogP contribution in [0.1, 0.15) is 55.7 Å². The quantitative estimate of drug-likeness (QED) is 0.135. The van der Waals surface area contributed by atoms with Gasteiger partial charge in [0.2, 0.25) is 5.78 Å². The molecular weight excluding hydrogens is 498 g/mol. The Morgan fingerprint density at radius 1 is 1.21 bits per heavy atom. The highest BCUT2D eigenvalue weighted by Gasteiger charge is 2.65. The van der Waals surface area contributed by atoms with E-state index in [4.69, 9.17) is 10.5 Å². The number of aliphatic hydroxyl groups is 4. The van der Waals surface area contributed by atoms with Crippen LogP contribution in [0.4, 0.5) is 0 Å². The van der Waals surface area contributed by atoms with Gasteiger partial charge in [-0.2, -0.15) is 0 Å². The molecule has 1 aromatic carbocycles. The van der Waals surface area contributed by atoms with E-state index in [0.29, 0.717) is 17.5 Å². The van der Waals surface area contributed by atoms with Gasteiger partial charge in [-0.3, -0.25) is 14.4 Å². The number of hydrogen-bond acceptors (Lipinski definition) is 10. The summed E-state index contributed by atoms with van der Waals surface area (Å²) in [6.45, 7) is 3.81. The number of rotatable bonds is 6. The molecular formula is C27H29NO10. The standard InChI is InChI=1S/C27H29NO10/c1-3-4-9-38-16(31)8-6-12-5-7-14(29)19-17(12)11(2)18-21(23(19)33)25(35)27(37)13(22(18)32)10-15(30)20(24(27)34)26(28)36/h5-8,11,13,18,22,29,32-34,37H,3-4,9-10H2,1-2H3,(H2,28,36)/b8-6+/t11-,13+,18+,22+,27+/m0/s1. The van der Waals surface area contributed by atoms with Gasteiger partial charge in [0.25, 0.3) is 5.91 Å². The molecule has 4 rings (SSSR count). The molecule has 3 aliphatic rings. The topological polar surface area (TPSA) is 205 Å². The predicted molar refractivity (Wildman–Crippen MR) is 132 cm³/mol. The fraction of sp³-hybridized carbons (Fsp3) is 0.407. The summed E-state index contributed by atoms with van der Waals surface area (Å²) in [7, 11) is 0. The first-order chi connectivity index (χ1) is 17.9. The van der Waals surface area contributed by atoms with E-state index in [9.17, 15) is 44.7 Å². The predicted octanol–water partition coefficient (Wildman–Crippen LogP) is 1.31. The number of carbonyl (C=O) groups is 4. The van der Waals surface area contributed by atoms with Gasteiger partial charge in [0.15, 0.2) is 11.4 Å². The van der Waals surface area contributed by atoms with Crippen molar-refractivity contribution in [3.05, 3.63) is 51.8 Å². The van der Waals surface area contributed by atoms with Gasteiger partial charge in [0.05, 0.1) is 18.3 Å². The minimum absolute atomic E-state index is 0.154. The monoisotopic (exact) mass is 527 g/mol. The fourth-order valence-corrected chi connectivity index (χ4v) is 5.78. The number of ketones is 2. The summed E-state index contributed by atoms with van der Waals surface area (Å²) in [5.74, 6) is -10.1. The van der Waals surface area contributed by atoms with Crippen LogP contribution in [0.2, 0.25) is 0 Å². The van der Waals surface area contributed by atoms with Gasteiger partial charge in [-0.25, -0.2) is 4.79 Å². The summed E-state index contributed by atoms with van der Waals surface area (Å²) in [4.78, 5) is 50.1. The second-order valence-electron chi connectivity index (χ2n) is 9.80. The SMILES string of the molecule is CCCCOC(=O)/C=C/c1ccc(O)c2c1[C@H](C)[C@@H]1C(=C2O)C(=O)[C@]2(O)C(O)=C(C(N)=O)C(=O)C[C@@H]2[C@H]1O. The van der Waals surface area contributed by atoms with E-state index in [-0.39, 0.29) is 12.2 Å². The Hall–Kier alpha value is -3.96. The molecule has 11 nitrogen and oxygen atoms in total. The average Bonchev–Trinajstić information content (AvgIpc) is 2.85. The molecule has 38 heavy (non-hydrogen) atoms. The highest BCUT2D eigenvalue weighted by Crippen LogP contribution is 2.56. The second kappa shape index (κ2) is 9.73. The highest BCUT2D eigenvalue weighted by atomic mass is 16.5. The van der Waals surface area contributed by atoms with E-state index in [2.05, 4.69) is 0 Å². The number of aliphatic hydroxyl groups excluding tert-OH is 3. The molecule has 0 unspecified atom stereocenters. The molecule has 7 N–H and O–H groups in total. The van der Waals surface area contributed by atoms with Crippen LogP contribution in [-0.4, -0.2) is 67.3 Å². The van der Waals surface area contributed by atoms with Crippen LogP contribution >= 0.6 is 0 Å². The largest absolute Gasteiger partial charge is 0.508 e. The van der Waals surface area contributed by atoms with Crippen LogP contribution in [0.3, 0.4) is 0 Å². The van der Waals surface area contributed by atoms with Gasteiger partial charge in [-0.05, 0) is 35.6 Å². The van der Waals surface area contributed by atoms with Gasteiger partial charge < -0.3 is 36.0 Å². The Morgan fingerprint density at radius 2 is 1.89 bits per heavy atom. The second-order valence-corrected chi connectivity index (χ2v) is 9.80. The zero-order chi connectivity index (χ0) is 28.1. The van der Waals surface area contributed by atoms with Crippen LogP contribution in [0.25, 0.3) is 11.8 Å². The Kier molecular flexibility index (Phi) is 6.94. The third-order valence-electron chi connectivity index (χ3n) is 7.65. The molecule has 1 aromatic rings. The summed E-state index contributed by atoms with van der Waals surface area (Å²) in [6, 6.07) is 2.73. The van der Waals surface area contributed by atoms with Crippen molar-refractivity contribution in [2.75, 3.05) is 6.61 Å². The number of unbranched alkanes of at least 4 members (excludes halogenated alkanes) is 1. The molecule has 0 aromatic heterocycles. The summed E-state index contributed by atoms with van der Waals surface area (Å²) in [5.41, 5.74) is 1.40. The highest BCUT2D eigenvalue weighted by molar-refractivity contribution is 6.23. The normalized spacial score (nSPS) is 28.7. The number of Topliss-reactive ketones (excluding diaryl/α,β-unsaturated/α-hetero) is 2. The number of fused-ring (bicyclic) bond motifs is 3. The number of ether oxygens (including phenoxy) is 1. The average molecular weight is 528 g/mol. The first-order valence-corrected chi connectivity index (χ1v) is 12.2. The zero-order valence-corrected chi connectivity index (χ0v) is 20.8. The van der Waals surface area contributed by atoms with Crippen molar-refractivity contribution in [3.63, 3.8) is 0 Å². The molecule has 0 aliphatic heterocycles. The lowest BCUT2D eigenvalue weighted by Gasteiger charge is -2.50. The number of aromatic hydroxyl groups is 1.